The minimum atomic E-state index is -0.534. The van der Waals surface area contributed by atoms with Crippen molar-refractivity contribution in [3.05, 3.63) is 45.7 Å². The van der Waals surface area contributed by atoms with E-state index in [2.05, 4.69) is 0 Å². The SMILES string of the molecule is CCCCN1C(=O)C(=C2SCCCS2)C(=O)N(C2CCN(C(=O)OCc3ccccc3)CC2)C1=O. The first kappa shape index (κ1) is 25.6. The van der Waals surface area contributed by atoms with Crippen molar-refractivity contribution in [3.63, 3.8) is 0 Å². The molecule has 0 aliphatic carbocycles. The minimum absolute atomic E-state index is 0.139. The van der Waals surface area contributed by atoms with Crippen LogP contribution in [0.4, 0.5) is 9.59 Å². The van der Waals surface area contributed by atoms with Gasteiger partial charge in [-0.2, -0.15) is 0 Å². The first-order valence-electron chi connectivity index (χ1n) is 12.2. The fraction of sp³-hybridized carbons (Fsp3) is 0.520. The summed E-state index contributed by atoms with van der Waals surface area (Å²) in [5, 5.41) is 0. The number of likely N-dealkylation sites (tertiary alicyclic amines) is 1. The molecule has 3 fully saturated rings. The summed E-state index contributed by atoms with van der Waals surface area (Å²) >= 11 is 3.06. The van der Waals surface area contributed by atoms with Crippen LogP contribution in [-0.2, 0) is 20.9 Å². The van der Waals surface area contributed by atoms with Crippen LogP contribution in [0.3, 0.4) is 0 Å². The molecule has 1 aromatic rings. The average molecular weight is 518 g/mol. The number of thioether (sulfide) groups is 2. The van der Waals surface area contributed by atoms with Crippen LogP contribution in [0.2, 0.25) is 0 Å². The Bertz CT molecular complexity index is 984. The van der Waals surface area contributed by atoms with Gasteiger partial charge in [-0.1, -0.05) is 43.7 Å². The molecule has 0 atom stereocenters. The number of hydrogen-bond donors (Lipinski definition) is 0. The summed E-state index contributed by atoms with van der Waals surface area (Å²) in [6.07, 6.45) is 3.06. The molecule has 0 bridgehead atoms. The Morgan fingerprint density at radius 3 is 2.37 bits per heavy atom. The molecular formula is C25H31N3O5S2. The predicted octanol–water partition coefficient (Wildman–Crippen LogP) is 4.46. The van der Waals surface area contributed by atoms with E-state index >= 15 is 0 Å². The Balaban J connectivity index is 1.45. The molecule has 5 amide bonds. The molecule has 0 radical (unpaired) electrons. The van der Waals surface area contributed by atoms with Gasteiger partial charge in [0, 0.05) is 25.7 Å². The lowest BCUT2D eigenvalue weighted by Crippen LogP contribution is -2.61. The lowest BCUT2D eigenvalue weighted by atomic mass is 10.0. The molecule has 0 spiro atoms. The van der Waals surface area contributed by atoms with E-state index in [-0.39, 0.29) is 18.2 Å². The molecule has 3 heterocycles. The molecule has 0 aromatic heterocycles. The molecule has 0 N–H and O–H groups in total. The largest absolute Gasteiger partial charge is 0.445 e. The molecular weight excluding hydrogens is 486 g/mol. The van der Waals surface area contributed by atoms with Crippen LogP contribution in [-0.4, -0.2) is 75.8 Å². The molecule has 3 aliphatic rings. The van der Waals surface area contributed by atoms with Crippen molar-refractivity contribution in [3.8, 4) is 0 Å². The standard InChI is InChI=1S/C25H31N3O5S2/c1-2-3-12-27-21(29)20(23-34-15-7-16-35-23)22(30)28(24(27)31)19-10-13-26(14-11-19)25(32)33-17-18-8-5-4-6-9-18/h4-6,8-9,19H,2-3,7,10-17H2,1H3. The highest BCUT2D eigenvalue weighted by atomic mass is 32.2. The zero-order chi connectivity index (χ0) is 24.8. The number of hydrogen-bond acceptors (Lipinski definition) is 7. The number of benzene rings is 1. The second-order valence-electron chi connectivity index (χ2n) is 8.74. The topological polar surface area (TPSA) is 87.2 Å². The smallest absolute Gasteiger partial charge is 0.410 e. The second kappa shape index (κ2) is 12.0. The van der Waals surface area contributed by atoms with E-state index in [1.54, 1.807) is 4.90 Å². The maximum absolute atomic E-state index is 13.5. The van der Waals surface area contributed by atoms with Crippen molar-refractivity contribution in [1.29, 1.82) is 0 Å². The molecule has 8 nitrogen and oxygen atoms in total. The Labute approximate surface area is 214 Å². The highest BCUT2D eigenvalue weighted by Crippen LogP contribution is 2.40. The predicted molar refractivity (Wildman–Crippen MR) is 137 cm³/mol. The van der Waals surface area contributed by atoms with E-state index in [1.807, 2.05) is 37.3 Å². The number of rotatable bonds is 6. The molecule has 0 unspecified atom stereocenters. The number of imide groups is 2. The first-order chi connectivity index (χ1) is 17.0. The van der Waals surface area contributed by atoms with Gasteiger partial charge in [0.25, 0.3) is 11.8 Å². The fourth-order valence-electron chi connectivity index (χ4n) is 4.35. The van der Waals surface area contributed by atoms with Crippen LogP contribution in [0, 0.1) is 0 Å². The summed E-state index contributed by atoms with van der Waals surface area (Å²) in [5.41, 5.74) is 1.05. The molecule has 3 saturated heterocycles. The summed E-state index contributed by atoms with van der Waals surface area (Å²) in [6.45, 7) is 3.26. The monoisotopic (exact) mass is 517 g/mol. The van der Waals surface area contributed by atoms with Gasteiger partial charge < -0.3 is 9.64 Å². The van der Waals surface area contributed by atoms with Crippen LogP contribution in [0.1, 0.15) is 44.6 Å². The van der Waals surface area contributed by atoms with Crippen molar-refractivity contribution in [2.75, 3.05) is 31.1 Å². The number of ether oxygens (including phenoxy) is 1. The number of amides is 5. The number of nitrogens with zero attached hydrogens (tertiary/aromatic N) is 3. The Morgan fingerprint density at radius 2 is 1.71 bits per heavy atom. The van der Waals surface area contributed by atoms with Gasteiger partial charge in [-0.15, -0.1) is 23.5 Å². The zero-order valence-corrected chi connectivity index (χ0v) is 21.6. The summed E-state index contributed by atoms with van der Waals surface area (Å²) in [6, 6.07) is 8.59. The molecule has 188 valence electrons. The molecule has 10 heteroatoms. The van der Waals surface area contributed by atoms with E-state index < -0.39 is 23.9 Å². The third kappa shape index (κ3) is 5.86. The summed E-state index contributed by atoms with van der Waals surface area (Å²) in [7, 11) is 0. The number of piperidine rings is 1. The van der Waals surface area contributed by atoms with Crippen molar-refractivity contribution >= 4 is 47.5 Å². The lowest BCUT2D eigenvalue weighted by molar-refractivity contribution is -0.137. The lowest BCUT2D eigenvalue weighted by Gasteiger charge is -2.42. The van der Waals surface area contributed by atoms with Crippen LogP contribution in [0.15, 0.2) is 40.1 Å². The van der Waals surface area contributed by atoms with Crippen molar-refractivity contribution < 1.29 is 23.9 Å². The number of carbonyl (C=O) groups excluding carboxylic acids is 4. The second-order valence-corrected chi connectivity index (χ2v) is 11.2. The first-order valence-corrected chi connectivity index (χ1v) is 14.1. The summed E-state index contributed by atoms with van der Waals surface area (Å²) in [5.74, 6) is 0.760. The van der Waals surface area contributed by atoms with Gasteiger partial charge in [0.05, 0.1) is 4.24 Å². The van der Waals surface area contributed by atoms with Gasteiger partial charge in [0.2, 0.25) is 0 Å². The number of urea groups is 1. The molecule has 4 rings (SSSR count). The van der Waals surface area contributed by atoms with Gasteiger partial charge in [-0.05, 0) is 42.8 Å². The van der Waals surface area contributed by atoms with Gasteiger partial charge in [0.15, 0.2) is 0 Å². The quantitative estimate of drug-likeness (QED) is 0.407. The number of carbonyl (C=O) groups is 4. The minimum Gasteiger partial charge on any atom is -0.445 e. The number of unbranched alkanes of at least 4 members (excludes halogenated alkanes) is 1. The van der Waals surface area contributed by atoms with Crippen molar-refractivity contribution in [2.45, 2.75) is 51.7 Å². The fourth-order valence-corrected chi connectivity index (χ4v) is 6.95. The zero-order valence-electron chi connectivity index (χ0n) is 19.9. The average Bonchev–Trinajstić information content (AvgIpc) is 2.89. The Morgan fingerprint density at radius 1 is 1.03 bits per heavy atom. The van der Waals surface area contributed by atoms with Crippen molar-refractivity contribution in [1.82, 2.24) is 14.7 Å². The Hall–Kier alpha value is -2.46. The van der Waals surface area contributed by atoms with Crippen LogP contribution in [0.25, 0.3) is 0 Å². The maximum atomic E-state index is 13.5. The van der Waals surface area contributed by atoms with Gasteiger partial charge >= 0.3 is 12.1 Å². The van der Waals surface area contributed by atoms with E-state index in [1.165, 1.54) is 33.3 Å². The van der Waals surface area contributed by atoms with Crippen LogP contribution in [0.5, 0.6) is 0 Å². The third-order valence-electron chi connectivity index (χ3n) is 6.32. The van der Waals surface area contributed by atoms with Gasteiger partial charge in [-0.3, -0.25) is 19.4 Å². The molecule has 1 aromatic carbocycles. The molecule has 0 saturated carbocycles. The molecule has 3 aliphatic heterocycles. The highest BCUT2D eigenvalue weighted by molar-refractivity contribution is 8.22. The van der Waals surface area contributed by atoms with E-state index in [9.17, 15) is 19.2 Å². The van der Waals surface area contributed by atoms with Gasteiger partial charge in [0.1, 0.15) is 12.2 Å². The molecule has 35 heavy (non-hydrogen) atoms. The summed E-state index contributed by atoms with van der Waals surface area (Å²) < 4.78 is 6.16. The van der Waals surface area contributed by atoms with E-state index in [4.69, 9.17) is 4.74 Å². The normalized spacial score (nSPS) is 20.0. The number of barbiturate groups is 1. The van der Waals surface area contributed by atoms with Gasteiger partial charge in [-0.25, -0.2) is 9.59 Å². The summed E-state index contributed by atoms with van der Waals surface area (Å²) in [4.78, 5) is 56.7. The van der Waals surface area contributed by atoms with Crippen LogP contribution < -0.4 is 0 Å². The van der Waals surface area contributed by atoms with Crippen molar-refractivity contribution in [2.24, 2.45) is 0 Å². The van der Waals surface area contributed by atoms with Crippen LogP contribution >= 0.6 is 23.5 Å². The van der Waals surface area contributed by atoms with E-state index in [0.29, 0.717) is 38.9 Å². The highest BCUT2D eigenvalue weighted by Gasteiger charge is 2.47. The maximum Gasteiger partial charge on any atom is 0.410 e. The Kier molecular flexibility index (Phi) is 8.78. The third-order valence-corrected chi connectivity index (χ3v) is 8.94. The van der Waals surface area contributed by atoms with E-state index in [0.717, 1.165) is 34.1 Å².